The van der Waals surface area contributed by atoms with Crippen molar-refractivity contribution in [3.8, 4) is 0 Å². The Morgan fingerprint density at radius 3 is 2.04 bits per heavy atom. The van der Waals surface area contributed by atoms with E-state index in [9.17, 15) is 9.59 Å². The topological polar surface area (TPSA) is 58.2 Å². The van der Waals surface area contributed by atoms with Crippen LogP contribution in [0.25, 0.3) is 0 Å². The van der Waals surface area contributed by atoms with Gasteiger partial charge in [0.25, 0.3) is 5.91 Å². The Morgan fingerprint density at radius 1 is 0.889 bits per heavy atom. The molecule has 2 amide bonds. The van der Waals surface area contributed by atoms with Crippen LogP contribution >= 0.6 is 0 Å². The Hall–Kier alpha value is -2.62. The predicted octanol–water partition coefficient (Wildman–Crippen LogP) is 4.14. The van der Waals surface area contributed by atoms with Crippen LogP contribution in [0.2, 0.25) is 0 Å². The molecule has 2 rings (SSSR count). The molecule has 2 aromatic carbocycles. The Bertz CT molecular complexity index is 716. The van der Waals surface area contributed by atoms with Crippen molar-refractivity contribution in [3.05, 3.63) is 71.8 Å². The number of benzene rings is 2. The molecule has 0 saturated heterocycles. The largest absolute Gasteiger partial charge is 0.354 e. The molecule has 0 heterocycles. The fourth-order valence-electron chi connectivity index (χ4n) is 3.07. The summed E-state index contributed by atoms with van der Waals surface area (Å²) >= 11 is 0. The van der Waals surface area contributed by atoms with Gasteiger partial charge in [0.2, 0.25) is 5.91 Å². The summed E-state index contributed by atoms with van der Waals surface area (Å²) in [7, 11) is 0. The van der Waals surface area contributed by atoms with Crippen molar-refractivity contribution >= 4 is 11.8 Å². The van der Waals surface area contributed by atoms with E-state index in [1.165, 1.54) is 5.56 Å². The van der Waals surface area contributed by atoms with Gasteiger partial charge >= 0.3 is 0 Å². The Balaban J connectivity index is 2.03. The third-order valence-corrected chi connectivity index (χ3v) is 5.10. The molecule has 0 radical (unpaired) electrons. The van der Waals surface area contributed by atoms with Crippen LogP contribution in [0.5, 0.6) is 0 Å². The highest BCUT2D eigenvalue weighted by atomic mass is 16.2. The third kappa shape index (κ3) is 5.95. The molecule has 0 spiro atoms. The van der Waals surface area contributed by atoms with Gasteiger partial charge in [-0.3, -0.25) is 9.59 Å². The number of rotatable bonds is 9. The summed E-state index contributed by atoms with van der Waals surface area (Å²) in [6.45, 7) is 6.70. The maximum atomic E-state index is 12.8. The quantitative estimate of drug-likeness (QED) is 0.701. The molecule has 2 N–H and O–H groups in total. The molecular formula is C23H30N2O2. The molecule has 4 nitrogen and oxygen atoms in total. The van der Waals surface area contributed by atoms with Crippen LogP contribution in [0.1, 0.15) is 55.5 Å². The Kier molecular flexibility index (Phi) is 8.05. The van der Waals surface area contributed by atoms with Gasteiger partial charge in [-0.15, -0.1) is 0 Å². The Morgan fingerprint density at radius 2 is 1.48 bits per heavy atom. The molecule has 1 unspecified atom stereocenters. The fourth-order valence-corrected chi connectivity index (χ4v) is 3.07. The first-order valence-electron chi connectivity index (χ1n) is 9.75. The second-order valence-electron chi connectivity index (χ2n) is 6.96. The molecule has 4 heteroatoms. The summed E-state index contributed by atoms with van der Waals surface area (Å²) in [5, 5.41) is 5.96. The van der Waals surface area contributed by atoms with Crippen LogP contribution in [-0.4, -0.2) is 24.4 Å². The lowest BCUT2D eigenvalue weighted by Crippen LogP contribution is -2.50. The van der Waals surface area contributed by atoms with E-state index >= 15 is 0 Å². The average molecular weight is 367 g/mol. The zero-order valence-corrected chi connectivity index (χ0v) is 16.4. The number of hydrogen-bond acceptors (Lipinski definition) is 2. The molecule has 144 valence electrons. The van der Waals surface area contributed by atoms with Gasteiger partial charge < -0.3 is 10.6 Å². The van der Waals surface area contributed by atoms with Crippen LogP contribution in [0.4, 0.5) is 0 Å². The first-order valence-corrected chi connectivity index (χ1v) is 9.75. The molecule has 27 heavy (non-hydrogen) atoms. The molecule has 2 aromatic rings. The minimum atomic E-state index is -0.545. The summed E-state index contributed by atoms with van der Waals surface area (Å²) in [4.78, 5) is 25.3. The molecule has 0 aliphatic rings. The van der Waals surface area contributed by atoms with E-state index < -0.39 is 6.04 Å². The second-order valence-corrected chi connectivity index (χ2v) is 6.96. The van der Waals surface area contributed by atoms with Gasteiger partial charge in [0.15, 0.2) is 0 Å². The maximum absolute atomic E-state index is 12.8. The van der Waals surface area contributed by atoms with Crippen molar-refractivity contribution in [1.82, 2.24) is 10.6 Å². The van der Waals surface area contributed by atoms with Gasteiger partial charge in [-0.1, -0.05) is 75.7 Å². The first kappa shape index (κ1) is 20.7. The Labute approximate surface area is 162 Å². The number of carbonyl (C=O) groups excluding carboxylic acids is 2. The summed E-state index contributed by atoms with van der Waals surface area (Å²) < 4.78 is 0. The molecule has 0 aliphatic carbocycles. The summed E-state index contributed by atoms with van der Waals surface area (Å²) in [6, 6.07) is 18.7. The standard InChI is InChI=1S/C23H30N2O2/c1-4-17(3)21(25-22(26)20-14-10-7-11-15-20)23(27)24-16-18(5-2)19-12-8-6-9-13-19/h6-15,17-18,21H,4-5,16H2,1-3H3,(H,24,27)(H,25,26)/t17-,18?,21-/m0/s1. The summed E-state index contributed by atoms with van der Waals surface area (Å²) in [5.74, 6) is -0.0267. The van der Waals surface area contributed by atoms with E-state index in [4.69, 9.17) is 0 Å². The van der Waals surface area contributed by atoms with Gasteiger partial charge in [0.1, 0.15) is 6.04 Å². The smallest absolute Gasteiger partial charge is 0.251 e. The van der Waals surface area contributed by atoms with Gasteiger partial charge in [0, 0.05) is 18.0 Å². The zero-order valence-electron chi connectivity index (χ0n) is 16.4. The molecule has 0 saturated carbocycles. The van der Waals surface area contributed by atoms with Crippen LogP contribution in [0.3, 0.4) is 0 Å². The molecule has 0 aliphatic heterocycles. The normalized spacial score (nSPS) is 14.0. The van der Waals surface area contributed by atoms with Gasteiger partial charge in [0.05, 0.1) is 0 Å². The third-order valence-electron chi connectivity index (χ3n) is 5.10. The van der Waals surface area contributed by atoms with Gasteiger partial charge in [-0.05, 0) is 30.0 Å². The van der Waals surface area contributed by atoms with Crippen LogP contribution in [-0.2, 0) is 4.79 Å². The molecule has 3 atom stereocenters. The minimum Gasteiger partial charge on any atom is -0.354 e. The van der Waals surface area contributed by atoms with Crippen molar-refractivity contribution in [2.45, 2.75) is 45.6 Å². The van der Waals surface area contributed by atoms with Gasteiger partial charge in [-0.25, -0.2) is 0 Å². The van der Waals surface area contributed by atoms with Crippen LogP contribution < -0.4 is 10.6 Å². The van der Waals surface area contributed by atoms with Crippen LogP contribution in [0.15, 0.2) is 60.7 Å². The van der Waals surface area contributed by atoms with Crippen molar-refractivity contribution < 1.29 is 9.59 Å². The molecule has 0 fully saturated rings. The van der Waals surface area contributed by atoms with Crippen molar-refractivity contribution in [3.63, 3.8) is 0 Å². The van der Waals surface area contributed by atoms with Crippen molar-refractivity contribution in [2.24, 2.45) is 5.92 Å². The van der Waals surface area contributed by atoms with E-state index in [-0.39, 0.29) is 23.7 Å². The summed E-state index contributed by atoms with van der Waals surface area (Å²) in [5.41, 5.74) is 1.78. The maximum Gasteiger partial charge on any atom is 0.251 e. The number of amides is 2. The van der Waals surface area contributed by atoms with E-state index in [1.54, 1.807) is 12.1 Å². The van der Waals surface area contributed by atoms with Crippen LogP contribution in [0, 0.1) is 5.92 Å². The number of hydrogen-bond donors (Lipinski definition) is 2. The second kappa shape index (κ2) is 10.5. The number of nitrogens with one attached hydrogen (secondary N) is 2. The lowest BCUT2D eigenvalue weighted by molar-refractivity contribution is -0.124. The highest BCUT2D eigenvalue weighted by Crippen LogP contribution is 2.18. The lowest BCUT2D eigenvalue weighted by Gasteiger charge is -2.25. The van der Waals surface area contributed by atoms with Crippen molar-refractivity contribution in [2.75, 3.05) is 6.54 Å². The zero-order chi connectivity index (χ0) is 19.6. The minimum absolute atomic E-state index is 0.0504. The lowest BCUT2D eigenvalue weighted by atomic mass is 9.95. The highest BCUT2D eigenvalue weighted by Gasteiger charge is 2.26. The highest BCUT2D eigenvalue weighted by molar-refractivity contribution is 5.97. The number of carbonyl (C=O) groups is 2. The molecule has 0 bridgehead atoms. The van der Waals surface area contributed by atoms with E-state index in [0.29, 0.717) is 12.1 Å². The fraction of sp³-hybridized carbons (Fsp3) is 0.391. The molecular weight excluding hydrogens is 336 g/mol. The predicted molar refractivity (Wildman–Crippen MR) is 110 cm³/mol. The monoisotopic (exact) mass is 366 g/mol. The van der Waals surface area contributed by atoms with E-state index in [0.717, 1.165) is 12.8 Å². The first-order chi connectivity index (χ1) is 13.1. The van der Waals surface area contributed by atoms with E-state index in [1.807, 2.05) is 50.2 Å². The van der Waals surface area contributed by atoms with Crippen molar-refractivity contribution in [1.29, 1.82) is 0 Å². The van der Waals surface area contributed by atoms with E-state index in [2.05, 4.69) is 29.7 Å². The SMILES string of the molecule is CCC(CNC(=O)[C@@H](NC(=O)c1ccccc1)[C@@H](C)CC)c1ccccc1. The summed E-state index contributed by atoms with van der Waals surface area (Å²) in [6.07, 6.45) is 1.75. The van der Waals surface area contributed by atoms with Gasteiger partial charge in [-0.2, -0.15) is 0 Å². The molecule has 0 aromatic heterocycles. The average Bonchev–Trinajstić information content (AvgIpc) is 2.73.